The van der Waals surface area contributed by atoms with Gasteiger partial charge in [0.1, 0.15) is 17.0 Å². The number of carbonyl (C=O) groups is 1. The fraction of sp³-hybridized carbons (Fsp3) is 0.227. The predicted molar refractivity (Wildman–Crippen MR) is 114 cm³/mol. The summed E-state index contributed by atoms with van der Waals surface area (Å²) in [6, 6.07) is 14.5. The lowest BCUT2D eigenvalue weighted by molar-refractivity contribution is 0.0787. The van der Waals surface area contributed by atoms with Gasteiger partial charge in [-0.05, 0) is 31.0 Å². The number of halogens is 1. The number of benzene rings is 2. The summed E-state index contributed by atoms with van der Waals surface area (Å²) in [7, 11) is 0. The van der Waals surface area contributed by atoms with Crippen LogP contribution in [0.2, 0.25) is 0 Å². The highest BCUT2D eigenvalue weighted by Crippen LogP contribution is 2.31. The lowest BCUT2D eigenvalue weighted by Crippen LogP contribution is -2.32. The van der Waals surface area contributed by atoms with E-state index in [1.165, 1.54) is 23.5 Å². The molecule has 1 unspecified atom stereocenters. The van der Waals surface area contributed by atoms with Crippen LogP contribution in [0.5, 0.6) is 0 Å². The van der Waals surface area contributed by atoms with Gasteiger partial charge in [-0.2, -0.15) is 4.98 Å². The lowest BCUT2D eigenvalue weighted by Gasteiger charge is -2.16. The van der Waals surface area contributed by atoms with E-state index in [0.717, 1.165) is 21.9 Å². The summed E-state index contributed by atoms with van der Waals surface area (Å²) >= 11 is 1.53. The maximum Gasteiger partial charge on any atom is 0.295 e. The largest absolute Gasteiger partial charge is 0.423 e. The zero-order valence-electron chi connectivity index (χ0n) is 16.3. The van der Waals surface area contributed by atoms with Crippen LogP contribution in [0.15, 0.2) is 52.9 Å². The highest BCUT2D eigenvalue weighted by atomic mass is 32.1. The fourth-order valence-corrected chi connectivity index (χ4v) is 4.62. The van der Waals surface area contributed by atoms with Gasteiger partial charge < -0.3 is 14.6 Å². The number of nitrogens with zero attached hydrogens (tertiary/aromatic N) is 3. The second-order valence-corrected chi connectivity index (χ2v) is 8.49. The minimum absolute atomic E-state index is 0.00627. The number of hydrogen-bond donors (Lipinski definition) is 1. The first-order valence-corrected chi connectivity index (χ1v) is 10.5. The second-order valence-electron chi connectivity index (χ2n) is 7.29. The molecule has 5 rings (SSSR count). The molecule has 1 N–H and O–H groups in total. The van der Waals surface area contributed by atoms with Gasteiger partial charge in [0.15, 0.2) is 5.58 Å². The molecule has 1 aliphatic rings. The number of rotatable bonds is 4. The Kier molecular flexibility index (Phi) is 4.71. The molecule has 0 saturated carbocycles. The van der Waals surface area contributed by atoms with E-state index in [9.17, 15) is 9.18 Å². The van der Waals surface area contributed by atoms with Crippen molar-refractivity contribution in [1.29, 1.82) is 0 Å². The SMILES string of the molecule is Cc1nc(C(=O)N2CCC(Nc3nc4ccc(F)cc4o3)C2)c(-c2ccccc2)s1. The van der Waals surface area contributed by atoms with E-state index in [-0.39, 0.29) is 17.8 Å². The van der Waals surface area contributed by atoms with E-state index < -0.39 is 0 Å². The molecule has 0 aliphatic carbocycles. The van der Waals surface area contributed by atoms with E-state index in [2.05, 4.69) is 15.3 Å². The molecule has 3 heterocycles. The third-order valence-corrected chi connectivity index (χ3v) is 6.15. The minimum Gasteiger partial charge on any atom is -0.423 e. The quantitative estimate of drug-likeness (QED) is 0.515. The average Bonchev–Trinajstić information content (AvgIpc) is 3.46. The zero-order chi connectivity index (χ0) is 20.7. The summed E-state index contributed by atoms with van der Waals surface area (Å²) in [5.74, 6) is -0.433. The Morgan fingerprint density at radius 2 is 2.07 bits per heavy atom. The molecule has 0 radical (unpaired) electrons. The van der Waals surface area contributed by atoms with Crippen molar-refractivity contribution in [2.24, 2.45) is 0 Å². The van der Waals surface area contributed by atoms with Crippen LogP contribution < -0.4 is 5.32 Å². The van der Waals surface area contributed by atoms with Gasteiger partial charge in [0.05, 0.1) is 9.88 Å². The summed E-state index contributed by atoms with van der Waals surface area (Å²) in [6.45, 7) is 3.06. The molecule has 8 heteroatoms. The topological polar surface area (TPSA) is 71.3 Å². The van der Waals surface area contributed by atoms with E-state index in [4.69, 9.17) is 4.42 Å². The standard InChI is InChI=1S/C22H19FN4O2S/c1-13-24-19(20(30-13)14-5-3-2-4-6-14)21(28)27-10-9-16(12-27)25-22-26-17-8-7-15(23)11-18(17)29-22/h2-8,11,16H,9-10,12H2,1H3,(H,25,26). The van der Waals surface area contributed by atoms with Crippen molar-refractivity contribution in [3.8, 4) is 10.4 Å². The normalized spacial score (nSPS) is 16.3. The zero-order valence-corrected chi connectivity index (χ0v) is 17.1. The lowest BCUT2D eigenvalue weighted by atomic mass is 10.1. The van der Waals surface area contributed by atoms with Gasteiger partial charge in [0, 0.05) is 25.2 Å². The van der Waals surface area contributed by atoms with Crippen molar-refractivity contribution in [2.75, 3.05) is 18.4 Å². The summed E-state index contributed by atoms with van der Waals surface area (Å²) in [4.78, 5) is 24.8. The molecule has 2 aromatic carbocycles. The van der Waals surface area contributed by atoms with E-state index >= 15 is 0 Å². The Labute approximate surface area is 176 Å². The molecule has 0 bridgehead atoms. The molecule has 4 aromatic rings. The highest BCUT2D eigenvalue weighted by molar-refractivity contribution is 7.15. The summed E-state index contributed by atoms with van der Waals surface area (Å²) in [5.41, 5.74) is 2.49. The van der Waals surface area contributed by atoms with E-state index in [1.807, 2.05) is 37.3 Å². The Morgan fingerprint density at radius 1 is 1.23 bits per heavy atom. The number of aromatic nitrogens is 2. The number of hydrogen-bond acceptors (Lipinski definition) is 6. The first-order valence-electron chi connectivity index (χ1n) is 9.71. The molecule has 1 amide bonds. The summed E-state index contributed by atoms with van der Waals surface area (Å²) in [6.07, 6.45) is 0.766. The Morgan fingerprint density at radius 3 is 2.90 bits per heavy atom. The molecule has 1 saturated heterocycles. The van der Waals surface area contributed by atoms with Crippen LogP contribution in [0.3, 0.4) is 0 Å². The summed E-state index contributed by atoms with van der Waals surface area (Å²) < 4.78 is 18.9. The monoisotopic (exact) mass is 422 g/mol. The van der Waals surface area contributed by atoms with Gasteiger partial charge in [-0.1, -0.05) is 30.3 Å². The Balaban J connectivity index is 1.32. The Bertz CT molecular complexity index is 1220. The molecule has 2 aromatic heterocycles. The van der Waals surface area contributed by atoms with Gasteiger partial charge >= 0.3 is 0 Å². The van der Waals surface area contributed by atoms with Gasteiger partial charge in [-0.25, -0.2) is 9.37 Å². The molecule has 0 spiro atoms. The molecule has 1 aliphatic heterocycles. The van der Waals surface area contributed by atoms with Crippen LogP contribution >= 0.6 is 11.3 Å². The number of oxazole rings is 1. The number of thiazole rings is 1. The van der Waals surface area contributed by atoms with Crippen molar-refractivity contribution in [3.63, 3.8) is 0 Å². The molecule has 1 atom stereocenters. The first-order chi connectivity index (χ1) is 14.6. The number of fused-ring (bicyclic) bond motifs is 1. The van der Waals surface area contributed by atoms with Crippen molar-refractivity contribution < 1.29 is 13.6 Å². The molecule has 30 heavy (non-hydrogen) atoms. The maximum absolute atomic E-state index is 13.4. The van der Waals surface area contributed by atoms with Crippen LogP contribution in [0, 0.1) is 12.7 Å². The Hall–Kier alpha value is -3.26. The van der Waals surface area contributed by atoms with Crippen molar-refractivity contribution in [3.05, 3.63) is 65.0 Å². The first kappa shape index (κ1) is 18.7. The summed E-state index contributed by atoms with van der Waals surface area (Å²) in [5, 5.41) is 4.09. The third kappa shape index (κ3) is 3.54. The van der Waals surface area contributed by atoms with Gasteiger partial charge in [-0.3, -0.25) is 4.79 Å². The molecular formula is C22H19FN4O2S. The number of likely N-dealkylation sites (tertiary alicyclic amines) is 1. The van der Waals surface area contributed by atoms with E-state index in [1.54, 1.807) is 11.0 Å². The average molecular weight is 422 g/mol. The van der Waals surface area contributed by atoms with Crippen molar-refractivity contribution in [1.82, 2.24) is 14.9 Å². The van der Waals surface area contributed by atoms with Crippen LogP contribution in [0.25, 0.3) is 21.5 Å². The van der Waals surface area contributed by atoms with Crippen molar-refractivity contribution >= 4 is 34.4 Å². The predicted octanol–water partition coefficient (Wildman–Crippen LogP) is 4.73. The van der Waals surface area contributed by atoms with Crippen molar-refractivity contribution in [2.45, 2.75) is 19.4 Å². The highest BCUT2D eigenvalue weighted by Gasteiger charge is 2.31. The maximum atomic E-state index is 13.4. The van der Waals surface area contributed by atoms with Crippen LogP contribution in [-0.4, -0.2) is 39.9 Å². The fourth-order valence-electron chi connectivity index (χ4n) is 3.70. The molecule has 6 nitrogen and oxygen atoms in total. The van der Waals surface area contributed by atoms with Gasteiger partial charge in [-0.15, -0.1) is 11.3 Å². The number of anilines is 1. The number of carbonyl (C=O) groups excluding carboxylic acids is 1. The molecular weight excluding hydrogens is 403 g/mol. The van der Waals surface area contributed by atoms with Gasteiger partial charge in [0.25, 0.3) is 11.9 Å². The number of nitrogens with one attached hydrogen (secondary N) is 1. The third-order valence-electron chi connectivity index (χ3n) is 5.13. The minimum atomic E-state index is -0.365. The molecule has 1 fully saturated rings. The van der Waals surface area contributed by atoms with Crippen LogP contribution in [0.4, 0.5) is 10.4 Å². The number of amides is 1. The van der Waals surface area contributed by atoms with Crippen LogP contribution in [0.1, 0.15) is 21.9 Å². The smallest absolute Gasteiger partial charge is 0.295 e. The second kappa shape index (κ2) is 7.53. The van der Waals surface area contributed by atoms with Crippen LogP contribution in [-0.2, 0) is 0 Å². The molecule has 152 valence electrons. The van der Waals surface area contributed by atoms with Gasteiger partial charge in [0.2, 0.25) is 0 Å². The number of aryl methyl sites for hydroxylation is 1. The van der Waals surface area contributed by atoms with E-state index in [0.29, 0.717) is 35.9 Å².